The van der Waals surface area contributed by atoms with Crippen molar-refractivity contribution in [1.82, 2.24) is 0 Å². The molecule has 0 atom stereocenters. The molecule has 0 saturated carbocycles. The smallest absolute Gasteiger partial charge is 0.336 e. The number of hydrogen-bond donors (Lipinski definition) is 2. The van der Waals surface area contributed by atoms with Crippen molar-refractivity contribution < 1.29 is 19.3 Å². The third-order valence-electron chi connectivity index (χ3n) is 4.07. The van der Waals surface area contributed by atoms with Crippen molar-refractivity contribution in [3.05, 3.63) is 63.9 Å². The van der Waals surface area contributed by atoms with E-state index in [0.29, 0.717) is 12.1 Å². The fraction of sp³-hybridized carbons (Fsp3) is 0.316. The third kappa shape index (κ3) is 4.46. The lowest BCUT2D eigenvalue weighted by molar-refractivity contribution is -0.666. The van der Waals surface area contributed by atoms with Crippen molar-refractivity contribution in [2.75, 3.05) is 12.3 Å². The summed E-state index contributed by atoms with van der Waals surface area (Å²) in [5, 5.41) is 13.0. The molecule has 3 aromatic rings. The Labute approximate surface area is 150 Å². The van der Waals surface area contributed by atoms with Gasteiger partial charge in [-0.2, -0.15) is 0 Å². The summed E-state index contributed by atoms with van der Waals surface area (Å²) in [6, 6.07) is 8.88. The number of rotatable bonds is 8. The van der Waals surface area contributed by atoms with Gasteiger partial charge in [-0.3, -0.25) is 0 Å². The zero-order chi connectivity index (χ0) is 17.6. The molecule has 0 bridgehead atoms. The lowest BCUT2D eigenvalue weighted by atomic mass is 10.0. The Morgan fingerprint density at radius 2 is 2.12 bits per heavy atom. The molecule has 0 amide bonds. The molecule has 0 spiro atoms. The number of aryl methyl sites for hydroxylation is 1. The maximum Gasteiger partial charge on any atom is 0.336 e. The largest absolute Gasteiger partial charge is 0.508 e. The highest BCUT2D eigenvalue weighted by Crippen LogP contribution is 2.26. The average molecular weight is 360 g/mol. The predicted molar refractivity (Wildman–Crippen MR) is 98.9 cm³/mol. The van der Waals surface area contributed by atoms with Gasteiger partial charge in [0, 0.05) is 28.8 Å². The number of hydrogen-bond acceptors (Lipinski definition) is 5. The normalized spacial score (nSPS) is 11.2. The van der Waals surface area contributed by atoms with Gasteiger partial charge < -0.3 is 19.3 Å². The van der Waals surface area contributed by atoms with Gasteiger partial charge in [-0.1, -0.05) is 6.92 Å². The molecule has 0 aliphatic heterocycles. The number of furan rings is 1. The summed E-state index contributed by atoms with van der Waals surface area (Å²) < 4.78 is 10.5. The van der Waals surface area contributed by atoms with Crippen LogP contribution in [-0.2, 0) is 18.7 Å². The van der Waals surface area contributed by atoms with Crippen molar-refractivity contribution in [1.29, 1.82) is 0 Å². The Hall–Kier alpha value is -2.18. The summed E-state index contributed by atoms with van der Waals surface area (Å²) in [4.78, 5) is 11.8. The van der Waals surface area contributed by atoms with E-state index in [1.165, 1.54) is 6.07 Å². The monoisotopic (exact) mass is 360 g/mol. The summed E-state index contributed by atoms with van der Waals surface area (Å²) in [5.74, 6) is 3.04. The molecule has 3 rings (SSSR count). The number of fused-ring (bicyclic) bond motifs is 1. The van der Waals surface area contributed by atoms with Crippen LogP contribution in [0.25, 0.3) is 11.0 Å². The van der Waals surface area contributed by atoms with E-state index in [4.69, 9.17) is 8.83 Å². The van der Waals surface area contributed by atoms with Gasteiger partial charge in [0.15, 0.2) is 0 Å². The number of nitrogens with two attached hydrogens (primary N) is 1. The highest BCUT2D eigenvalue weighted by atomic mass is 32.2. The van der Waals surface area contributed by atoms with Crippen molar-refractivity contribution in [2.24, 2.45) is 0 Å². The van der Waals surface area contributed by atoms with Gasteiger partial charge in [0.25, 0.3) is 0 Å². The van der Waals surface area contributed by atoms with Gasteiger partial charge in [0.05, 0.1) is 18.6 Å². The van der Waals surface area contributed by atoms with Gasteiger partial charge in [-0.15, -0.1) is 11.8 Å². The molecular weight excluding hydrogens is 338 g/mol. The average Bonchev–Trinajstić information content (AvgIpc) is 3.10. The van der Waals surface area contributed by atoms with E-state index in [-0.39, 0.29) is 11.4 Å². The van der Waals surface area contributed by atoms with E-state index in [9.17, 15) is 9.90 Å². The Bertz CT molecular complexity index is 886. The van der Waals surface area contributed by atoms with Crippen molar-refractivity contribution in [2.45, 2.75) is 25.6 Å². The first-order valence-electron chi connectivity index (χ1n) is 8.37. The fourth-order valence-electron chi connectivity index (χ4n) is 2.75. The van der Waals surface area contributed by atoms with Crippen LogP contribution in [0.4, 0.5) is 0 Å². The molecule has 0 radical (unpaired) electrons. The van der Waals surface area contributed by atoms with Crippen LogP contribution in [0.1, 0.15) is 23.8 Å². The summed E-state index contributed by atoms with van der Waals surface area (Å²) in [6.07, 6.45) is 2.42. The van der Waals surface area contributed by atoms with Gasteiger partial charge in [0.1, 0.15) is 23.6 Å². The Morgan fingerprint density at radius 3 is 2.88 bits per heavy atom. The highest BCUT2D eigenvalue weighted by Gasteiger charge is 2.11. The first-order chi connectivity index (χ1) is 12.2. The second-order valence-corrected chi connectivity index (χ2v) is 6.94. The summed E-state index contributed by atoms with van der Waals surface area (Å²) in [5.41, 5.74) is 1.86. The van der Waals surface area contributed by atoms with Crippen LogP contribution in [0.15, 0.2) is 50.2 Å². The van der Waals surface area contributed by atoms with Gasteiger partial charge in [0.2, 0.25) is 0 Å². The standard InChI is InChI=1S/C19H21NO4S/c1-2-13-8-16-14(9-19(22)24-18(16)10-17(13)21)11-20-5-7-25-12-15-4-3-6-23-15/h3-4,6,8-10,20-21H,2,5,7,11-12H2,1H3/p+1. The minimum Gasteiger partial charge on any atom is -0.508 e. The zero-order valence-corrected chi connectivity index (χ0v) is 15.0. The van der Waals surface area contributed by atoms with Gasteiger partial charge in [-0.25, -0.2) is 4.79 Å². The molecule has 3 N–H and O–H groups in total. The van der Waals surface area contributed by atoms with Crippen LogP contribution in [0, 0.1) is 0 Å². The quantitative estimate of drug-likeness (QED) is 0.477. The van der Waals surface area contributed by atoms with Gasteiger partial charge >= 0.3 is 5.63 Å². The number of aromatic hydroxyl groups is 1. The molecule has 132 valence electrons. The maximum absolute atomic E-state index is 11.8. The molecule has 2 heterocycles. The Balaban J connectivity index is 1.61. The second-order valence-electron chi connectivity index (χ2n) is 5.83. The fourth-order valence-corrected chi connectivity index (χ4v) is 3.59. The molecule has 6 heteroatoms. The summed E-state index contributed by atoms with van der Waals surface area (Å²) in [6.45, 7) is 3.64. The van der Waals surface area contributed by atoms with E-state index in [0.717, 1.165) is 46.7 Å². The molecule has 25 heavy (non-hydrogen) atoms. The molecule has 0 fully saturated rings. The minimum absolute atomic E-state index is 0.175. The first-order valence-corrected chi connectivity index (χ1v) is 9.53. The van der Waals surface area contributed by atoms with Crippen LogP contribution >= 0.6 is 11.8 Å². The molecule has 2 aromatic heterocycles. The molecule has 5 nitrogen and oxygen atoms in total. The van der Waals surface area contributed by atoms with Crippen LogP contribution < -0.4 is 10.9 Å². The third-order valence-corrected chi connectivity index (χ3v) is 5.08. The van der Waals surface area contributed by atoms with Crippen molar-refractivity contribution in [3.63, 3.8) is 0 Å². The highest BCUT2D eigenvalue weighted by molar-refractivity contribution is 7.98. The van der Waals surface area contributed by atoms with Crippen LogP contribution in [0.3, 0.4) is 0 Å². The van der Waals surface area contributed by atoms with E-state index >= 15 is 0 Å². The van der Waals surface area contributed by atoms with Crippen LogP contribution in [0.2, 0.25) is 0 Å². The number of thioether (sulfide) groups is 1. The number of quaternary nitrogens is 1. The van der Waals surface area contributed by atoms with Crippen LogP contribution in [0.5, 0.6) is 5.75 Å². The maximum atomic E-state index is 11.8. The molecule has 0 saturated heterocycles. The SMILES string of the molecule is CCc1cc2c(C[NH2+]CCSCc3ccco3)cc(=O)oc2cc1O. The minimum atomic E-state index is -0.383. The van der Waals surface area contributed by atoms with E-state index in [1.807, 2.05) is 36.9 Å². The Morgan fingerprint density at radius 1 is 1.24 bits per heavy atom. The van der Waals surface area contributed by atoms with E-state index in [2.05, 4.69) is 5.32 Å². The van der Waals surface area contributed by atoms with E-state index in [1.54, 1.807) is 12.3 Å². The van der Waals surface area contributed by atoms with Gasteiger partial charge in [-0.05, 0) is 30.2 Å². The molecule has 0 unspecified atom stereocenters. The second kappa shape index (κ2) is 8.27. The number of benzene rings is 1. The molecule has 0 aliphatic rings. The molecule has 0 aliphatic carbocycles. The topological polar surface area (TPSA) is 80.2 Å². The lowest BCUT2D eigenvalue weighted by Crippen LogP contribution is -2.83. The zero-order valence-electron chi connectivity index (χ0n) is 14.2. The first kappa shape index (κ1) is 17.6. The van der Waals surface area contributed by atoms with Crippen LogP contribution in [-0.4, -0.2) is 17.4 Å². The Kier molecular flexibility index (Phi) is 5.83. The summed E-state index contributed by atoms with van der Waals surface area (Å²) >= 11 is 1.82. The number of phenols is 1. The molecule has 1 aromatic carbocycles. The molecular formula is C19H22NO4S+. The lowest BCUT2D eigenvalue weighted by Gasteiger charge is -2.08. The van der Waals surface area contributed by atoms with Crippen molar-refractivity contribution >= 4 is 22.7 Å². The predicted octanol–water partition coefficient (Wildman–Crippen LogP) is 2.65. The number of phenolic OH excluding ortho intramolecular Hbond substituents is 1. The summed E-state index contributed by atoms with van der Waals surface area (Å²) in [7, 11) is 0. The van der Waals surface area contributed by atoms with Crippen molar-refractivity contribution in [3.8, 4) is 5.75 Å². The van der Waals surface area contributed by atoms with E-state index < -0.39 is 0 Å².